The first-order valence-corrected chi connectivity index (χ1v) is 8.40. The molecule has 0 spiro atoms. The first-order chi connectivity index (χ1) is 10.7. The van der Waals surface area contributed by atoms with Crippen molar-refractivity contribution in [1.29, 1.82) is 0 Å². The Morgan fingerprint density at radius 1 is 1.36 bits per heavy atom. The summed E-state index contributed by atoms with van der Waals surface area (Å²) >= 11 is 1.68. The van der Waals surface area contributed by atoms with Crippen LogP contribution in [0.15, 0.2) is 22.3 Å². The highest BCUT2D eigenvalue weighted by Crippen LogP contribution is 2.38. The lowest BCUT2D eigenvalue weighted by molar-refractivity contribution is 0.358. The highest BCUT2D eigenvalue weighted by Gasteiger charge is 2.32. The van der Waals surface area contributed by atoms with E-state index >= 15 is 0 Å². The van der Waals surface area contributed by atoms with E-state index in [0.29, 0.717) is 5.89 Å². The lowest BCUT2D eigenvalue weighted by Crippen LogP contribution is -2.24. The van der Waals surface area contributed by atoms with Crippen molar-refractivity contribution in [1.82, 2.24) is 20.1 Å². The molecule has 0 aliphatic carbocycles. The molecule has 0 bridgehead atoms. The van der Waals surface area contributed by atoms with E-state index in [9.17, 15) is 0 Å². The molecular weight excluding hydrogens is 298 g/mol. The first-order valence-electron chi connectivity index (χ1n) is 7.52. The number of anilines is 1. The Labute approximate surface area is 132 Å². The molecule has 3 aromatic rings. The summed E-state index contributed by atoms with van der Waals surface area (Å²) in [7, 11) is 0. The Morgan fingerprint density at radius 3 is 3.09 bits per heavy atom. The van der Waals surface area contributed by atoms with Crippen molar-refractivity contribution in [3.63, 3.8) is 0 Å². The first kappa shape index (κ1) is 13.6. The Kier molecular flexibility index (Phi) is 3.29. The van der Waals surface area contributed by atoms with Crippen LogP contribution < -0.4 is 4.90 Å². The number of hydrogen-bond donors (Lipinski definition) is 0. The van der Waals surface area contributed by atoms with Crippen LogP contribution >= 0.6 is 11.3 Å². The Hall–Kier alpha value is -2.02. The lowest BCUT2D eigenvalue weighted by atomic mass is 10.2. The zero-order valence-corrected chi connectivity index (χ0v) is 13.4. The van der Waals surface area contributed by atoms with Crippen molar-refractivity contribution in [2.75, 3.05) is 11.4 Å². The van der Waals surface area contributed by atoms with Crippen LogP contribution in [0.2, 0.25) is 0 Å². The Bertz CT molecular complexity index is 796. The molecule has 0 N–H and O–H groups in total. The number of rotatable bonds is 3. The smallest absolute Gasteiger partial charge is 0.229 e. The summed E-state index contributed by atoms with van der Waals surface area (Å²) in [6, 6.07) is 2.16. The van der Waals surface area contributed by atoms with Gasteiger partial charge in [-0.05, 0) is 24.3 Å². The molecule has 1 aliphatic heterocycles. The molecule has 7 heteroatoms. The molecule has 0 radical (unpaired) electrons. The van der Waals surface area contributed by atoms with Gasteiger partial charge in [0.1, 0.15) is 6.33 Å². The van der Waals surface area contributed by atoms with Crippen molar-refractivity contribution >= 4 is 27.4 Å². The SMILES string of the molecule is CC(C)c1nc([C@H]2CCCN2c2ncnc3ccsc23)no1. The molecule has 114 valence electrons. The summed E-state index contributed by atoms with van der Waals surface area (Å²) < 4.78 is 6.50. The van der Waals surface area contributed by atoms with Gasteiger partial charge in [-0.1, -0.05) is 19.0 Å². The van der Waals surface area contributed by atoms with Crippen LogP contribution in [0.3, 0.4) is 0 Å². The molecule has 3 aromatic heterocycles. The average molecular weight is 315 g/mol. The van der Waals surface area contributed by atoms with Crippen LogP contribution in [-0.2, 0) is 0 Å². The second kappa shape index (κ2) is 5.31. The fraction of sp³-hybridized carbons (Fsp3) is 0.467. The third-order valence-corrected chi connectivity index (χ3v) is 4.90. The number of fused-ring (bicyclic) bond motifs is 1. The van der Waals surface area contributed by atoms with E-state index in [2.05, 4.69) is 44.2 Å². The second-order valence-electron chi connectivity index (χ2n) is 5.83. The third kappa shape index (κ3) is 2.16. The van der Waals surface area contributed by atoms with Gasteiger partial charge in [-0.3, -0.25) is 0 Å². The third-order valence-electron chi connectivity index (χ3n) is 4.00. The Morgan fingerprint density at radius 2 is 2.27 bits per heavy atom. The molecule has 6 nitrogen and oxygen atoms in total. The minimum absolute atomic E-state index is 0.136. The second-order valence-corrected chi connectivity index (χ2v) is 6.75. The van der Waals surface area contributed by atoms with Gasteiger partial charge in [0.05, 0.1) is 16.3 Å². The van der Waals surface area contributed by atoms with Crippen molar-refractivity contribution in [2.45, 2.75) is 38.6 Å². The van der Waals surface area contributed by atoms with E-state index in [0.717, 1.165) is 41.2 Å². The maximum absolute atomic E-state index is 5.38. The van der Waals surface area contributed by atoms with E-state index in [1.165, 1.54) is 0 Å². The topological polar surface area (TPSA) is 67.9 Å². The number of aromatic nitrogens is 4. The molecule has 0 amide bonds. The summed E-state index contributed by atoms with van der Waals surface area (Å²) in [5.41, 5.74) is 0.997. The zero-order valence-electron chi connectivity index (χ0n) is 12.6. The molecule has 1 saturated heterocycles. The Balaban J connectivity index is 1.72. The van der Waals surface area contributed by atoms with E-state index < -0.39 is 0 Å². The van der Waals surface area contributed by atoms with Crippen LogP contribution in [-0.4, -0.2) is 26.7 Å². The molecule has 4 heterocycles. The maximum atomic E-state index is 5.38. The summed E-state index contributed by atoms with van der Waals surface area (Å²) in [6.07, 6.45) is 3.76. The van der Waals surface area contributed by atoms with Crippen molar-refractivity contribution in [3.8, 4) is 0 Å². The quantitative estimate of drug-likeness (QED) is 0.736. The van der Waals surface area contributed by atoms with E-state index in [4.69, 9.17) is 4.52 Å². The minimum atomic E-state index is 0.136. The molecule has 0 unspecified atom stereocenters. The van der Waals surface area contributed by atoms with Gasteiger partial charge >= 0.3 is 0 Å². The minimum Gasteiger partial charge on any atom is -0.345 e. The molecule has 0 aromatic carbocycles. The summed E-state index contributed by atoms with van der Waals surface area (Å²) in [6.45, 7) is 5.08. The van der Waals surface area contributed by atoms with Crippen LogP contribution in [0.1, 0.15) is 50.4 Å². The van der Waals surface area contributed by atoms with Crippen LogP contribution in [0.25, 0.3) is 10.2 Å². The highest BCUT2D eigenvalue weighted by atomic mass is 32.1. The van der Waals surface area contributed by atoms with E-state index in [1.54, 1.807) is 17.7 Å². The van der Waals surface area contributed by atoms with Gasteiger partial charge in [-0.15, -0.1) is 11.3 Å². The van der Waals surface area contributed by atoms with Crippen molar-refractivity contribution in [3.05, 3.63) is 29.5 Å². The number of hydrogen-bond acceptors (Lipinski definition) is 7. The van der Waals surface area contributed by atoms with Gasteiger partial charge in [-0.25, -0.2) is 9.97 Å². The van der Waals surface area contributed by atoms with Gasteiger partial charge in [-0.2, -0.15) is 4.98 Å². The van der Waals surface area contributed by atoms with Gasteiger partial charge in [0.2, 0.25) is 5.89 Å². The fourth-order valence-electron chi connectivity index (χ4n) is 2.89. The van der Waals surface area contributed by atoms with Crippen LogP contribution in [0.4, 0.5) is 5.82 Å². The normalized spacial score (nSPS) is 18.7. The summed E-state index contributed by atoms with van der Waals surface area (Å²) in [5, 5.41) is 6.25. The molecule has 4 rings (SSSR count). The van der Waals surface area contributed by atoms with Crippen molar-refractivity contribution < 1.29 is 4.52 Å². The zero-order chi connectivity index (χ0) is 15.1. The van der Waals surface area contributed by atoms with E-state index in [-0.39, 0.29) is 12.0 Å². The van der Waals surface area contributed by atoms with Gasteiger partial charge in [0, 0.05) is 12.5 Å². The molecule has 1 atom stereocenters. The summed E-state index contributed by atoms with van der Waals surface area (Å²) in [5.74, 6) is 2.70. The van der Waals surface area contributed by atoms with Gasteiger partial charge in [0.15, 0.2) is 11.6 Å². The largest absolute Gasteiger partial charge is 0.345 e. The molecule has 1 fully saturated rings. The molecule has 0 saturated carbocycles. The summed E-state index contributed by atoms with van der Waals surface area (Å²) in [4.78, 5) is 15.7. The lowest BCUT2D eigenvalue weighted by Gasteiger charge is -2.23. The molecule has 22 heavy (non-hydrogen) atoms. The van der Waals surface area contributed by atoms with Gasteiger partial charge < -0.3 is 9.42 Å². The standard InChI is InChI=1S/C15H17N5OS/c1-9(2)15-18-13(19-21-15)11-4-3-6-20(11)14-12-10(5-7-22-12)16-8-17-14/h5,7-9,11H,3-4,6H2,1-2H3/t11-/m1/s1. The molecular formula is C15H17N5OS. The predicted octanol–water partition coefficient (Wildman–Crippen LogP) is 3.54. The number of nitrogens with zero attached hydrogens (tertiary/aromatic N) is 5. The van der Waals surface area contributed by atoms with Crippen LogP contribution in [0.5, 0.6) is 0 Å². The van der Waals surface area contributed by atoms with Crippen LogP contribution in [0, 0.1) is 0 Å². The van der Waals surface area contributed by atoms with Gasteiger partial charge in [0.25, 0.3) is 0 Å². The van der Waals surface area contributed by atoms with Crippen molar-refractivity contribution in [2.24, 2.45) is 0 Å². The predicted molar refractivity (Wildman–Crippen MR) is 85.1 cm³/mol. The average Bonchev–Trinajstić information content (AvgIpc) is 3.25. The van der Waals surface area contributed by atoms with E-state index in [1.807, 2.05) is 6.07 Å². The highest BCUT2D eigenvalue weighted by molar-refractivity contribution is 7.17. The monoisotopic (exact) mass is 315 g/mol. The maximum Gasteiger partial charge on any atom is 0.229 e. The molecule has 1 aliphatic rings. The number of thiophene rings is 1. The fourth-order valence-corrected chi connectivity index (χ4v) is 3.74.